The minimum Gasteiger partial charge on any atom is -0.507 e. The number of nitrogens with zero attached hydrogens (tertiary/aromatic N) is 1. The van der Waals surface area contributed by atoms with Gasteiger partial charge in [-0.05, 0) is 36.4 Å². The summed E-state index contributed by atoms with van der Waals surface area (Å²) < 4.78 is 27.1. The lowest BCUT2D eigenvalue weighted by Gasteiger charge is -2.31. The van der Waals surface area contributed by atoms with Gasteiger partial charge in [-0.1, -0.05) is 25.3 Å². The second kappa shape index (κ2) is 7.67. The molecule has 0 atom stereocenters. The summed E-state index contributed by atoms with van der Waals surface area (Å²) in [5.74, 6) is -0.480. The SMILES string of the molecule is CN(C(=O)c1ccc(NS(=O)(=O)c2cccs2)cc1O)C1CCCCC1. The number of phenols is 1. The number of amides is 1. The van der Waals surface area contributed by atoms with E-state index in [1.165, 1.54) is 30.7 Å². The van der Waals surface area contributed by atoms with Gasteiger partial charge in [-0.2, -0.15) is 0 Å². The van der Waals surface area contributed by atoms with E-state index >= 15 is 0 Å². The van der Waals surface area contributed by atoms with Gasteiger partial charge in [0.25, 0.3) is 15.9 Å². The summed E-state index contributed by atoms with van der Waals surface area (Å²) in [6, 6.07) is 7.57. The molecule has 0 unspecified atom stereocenters. The first-order chi connectivity index (χ1) is 12.4. The summed E-state index contributed by atoms with van der Waals surface area (Å²) in [4.78, 5) is 14.4. The largest absolute Gasteiger partial charge is 0.507 e. The van der Waals surface area contributed by atoms with Gasteiger partial charge in [-0.3, -0.25) is 9.52 Å². The maximum atomic E-state index is 12.7. The molecule has 0 spiro atoms. The van der Waals surface area contributed by atoms with Crippen LogP contribution in [0.5, 0.6) is 5.75 Å². The number of hydrogen-bond donors (Lipinski definition) is 2. The Labute approximate surface area is 157 Å². The van der Waals surface area contributed by atoms with Gasteiger partial charge in [-0.15, -0.1) is 11.3 Å². The van der Waals surface area contributed by atoms with E-state index in [4.69, 9.17) is 0 Å². The number of carbonyl (C=O) groups is 1. The van der Waals surface area contributed by atoms with Gasteiger partial charge in [-0.25, -0.2) is 8.42 Å². The van der Waals surface area contributed by atoms with Gasteiger partial charge in [0.2, 0.25) is 0 Å². The van der Waals surface area contributed by atoms with Crippen molar-refractivity contribution in [3.63, 3.8) is 0 Å². The molecule has 140 valence electrons. The molecule has 1 aromatic carbocycles. The van der Waals surface area contributed by atoms with Gasteiger partial charge in [0.15, 0.2) is 0 Å². The van der Waals surface area contributed by atoms with Crippen LogP contribution >= 0.6 is 11.3 Å². The average Bonchev–Trinajstić information content (AvgIpc) is 3.17. The molecular weight excluding hydrogens is 372 g/mol. The van der Waals surface area contributed by atoms with Crippen molar-refractivity contribution >= 4 is 33.0 Å². The lowest BCUT2D eigenvalue weighted by molar-refractivity contribution is 0.0693. The smallest absolute Gasteiger partial charge is 0.271 e. The summed E-state index contributed by atoms with van der Waals surface area (Å²) in [7, 11) is -1.94. The Morgan fingerprint density at radius 2 is 1.96 bits per heavy atom. The van der Waals surface area contributed by atoms with Gasteiger partial charge >= 0.3 is 0 Å². The number of benzene rings is 1. The number of carbonyl (C=O) groups excluding carboxylic acids is 1. The zero-order chi connectivity index (χ0) is 18.7. The molecule has 26 heavy (non-hydrogen) atoms. The molecule has 1 aliphatic carbocycles. The number of thiophene rings is 1. The normalized spacial score (nSPS) is 15.6. The molecule has 0 radical (unpaired) electrons. The van der Waals surface area contributed by atoms with E-state index in [-0.39, 0.29) is 33.2 Å². The van der Waals surface area contributed by atoms with Crippen LogP contribution in [-0.4, -0.2) is 37.4 Å². The number of hydrogen-bond acceptors (Lipinski definition) is 5. The molecule has 1 aromatic heterocycles. The number of phenolic OH excluding ortho intramolecular Hbond substituents is 1. The van der Waals surface area contributed by atoms with E-state index in [9.17, 15) is 18.3 Å². The van der Waals surface area contributed by atoms with E-state index in [0.717, 1.165) is 37.0 Å². The van der Waals surface area contributed by atoms with Gasteiger partial charge < -0.3 is 10.0 Å². The Bertz CT molecular complexity index is 873. The summed E-state index contributed by atoms with van der Waals surface area (Å²) >= 11 is 1.11. The lowest BCUT2D eigenvalue weighted by atomic mass is 9.94. The Balaban J connectivity index is 1.76. The fourth-order valence-corrected chi connectivity index (χ4v) is 5.26. The maximum Gasteiger partial charge on any atom is 0.271 e. The van der Waals surface area contributed by atoms with Crippen LogP contribution in [0.25, 0.3) is 0 Å². The molecule has 8 heteroatoms. The highest BCUT2D eigenvalue weighted by Crippen LogP contribution is 2.28. The third kappa shape index (κ3) is 4.02. The summed E-state index contributed by atoms with van der Waals surface area (Å²) in [5.41, 5.74) is 0.393. The first-order valence-corrected chi connectivity index (χ1v) is 10.9. The fraction of sp³-hybridized carbons (Fsp3) is 0.389. The summed E-state index contributed by atoms with van der Waals surface area (Å²) in [6.07, 6.45) is 5.36. The van der Waals surface area contributed by atoms with Crippen molar-refractivity contribution in [3.8, 4) is 5.75 Å². The van der Waals surface area contributed by atoms with Crippen molar-refractivity contribution in [1.82, 2.24) is 4.90 Å². The van der Waals surface area contributed by atoms with Crippen molar-refractivity contribution in [1.29, 1.82) is 0 Å². The number of aromatic hydroxyl groups is 1. The van der Waals surface area contributed by atoms with E-state index in [1.807, 2.05) is 0 Å². The molecule has 1 aliphatic rings. The van der Waals surface area contributed by atoms with E-state index in [0.29, 0.717) is 0 Å². The van der Waals surface area contributed by atoms with Crippen LogP contribution in [0.15, 0.2) is 39.9 Å². The van der Waals surface area contributed by atoms with Gasteiger partial charge in [0.1, 0.15) is 9.96 Å². The van der Waals surface area contributed by atoms with Crippen LogP contribution in [-0.2, 0) is 10.0 Å². The van der Waals surface area contributed by atoms with Crippen molar-refractivity contribution in [3.05, 3.63) is 41.3 Å². The Morgan fingerprint density at radius 3 is 2.58 bits per heavy atom. The number of sulfonamides is 1. The standard InChI is InChI=1S/C18H22N2O4S2/c1-20(14-6-3-2-4-7-14)18(22)15-10-9-13(12-16(15)21)19-26(23,24)17-8-5-11-25-17/h5,8-12,14,19,21H,2-4,6-7H2,1H3. The number of rotatable bonds is 5. The van der Waals surface area contributed by atoms with Crippen LogP contribution in [0.2, 0.25) is 0 Å². The van der Waals surface area contributed by atoms with Crippen LogP contribution in [0.4, 0.5) is 5.69 Å². The fourth-order valence-electron chi connectivity index (χ4n) is 3.22. The third-order valence-corrected chi connectivity index (χ3v) is 7.46. The molecule has 0 bridgehead atoms. The van der Waals surface area contributed by atoms with Crippen LogP contribution in [0.1, 0.15) is 42.5 Å². The zero-order valence-corrected chi connectivity index (χ0v) is 16.1. The molecule has 2 N–H and O–H groups in total. The van der Waals surface area contributed by atoms with Gasteiger partial charge in [0.05, 0.1) is 11.3 Å². The molecule has 3 rings (SSSR count). The second-order valence-electron chi connectivity index (χ2n) is 6.48. The first-order valence-electron chi connectivity index (χ1n) is 8.55. The molecule has 6 nitrogen and oxygen atoms in total. The minimum atomic E-state index is -3.69. The Morgan fingerprint density at radius 1 is 1.23 bits per heavy atom. The van der Waals surface area contributed by atoms with Crippen molar-refractivity contribution in [2.24, 2.45) is 0 Å². The second-order valence-corrected chi connectivity index (χ2v) is 9.33. The molecule has 2 aromatic rings. The van der Waals surface area contributed by atoms with Crippen molar-refractivity contribution < 1.29 is 18.3 Å². The molecular formula is C18H22N2O4S2. The van der Waals surface area contributed by atoms with Gasteiger partial charge in [0, 0.05) is 19.2 Å². The maximum absolute atomic E-state index is 12.7. The minimum absolute atomic E-state index is 0.178. The molecule has 0 aliphatic heterocycles. The first kappa shape index (κ1) is 18.7. The third-order valence-electron chi connectivity index (χ3n) is 4.68. The summed E-state index contributed by atoms with van der Waals surface area (Å²) in [6.45, 7) is 0. The number of nitrogens with one attached hydrogen (secondary N) is 1. The highest BCUT2D eigenvalue weighted by Gasteiger charge is 2.25. The quantitative estimate of drug-likeness (QED) is 0.810. The number of anilines is 1. The van der Waals surface area contributed by atoms with Crippen LogP contribution in [0.3, 0.4) is 0 Å². The predicted octanol–water partition coefficient (Wildman–Crippen LogP) is 3.66. The molecule has 1 fully saturated rings. The predicted molar refractivity (Wildman–Crippen MR) is 102 cm³/mol. The highest BCUT2D eigenvalue weighted by molar-refractivity contribution is 7.94. The van der Waals surface area contributed by atoms with Crippen LogP contribution in [0, 0.1) is 0 Å². The summed E-state index contributed by atoms with van der Waals surface area (Å²) in [5, 5.41) is 11.9. The topological polar surface area (TPSA) is 86.7 Å². The Kier molecular flexibility index (Phi) is 5.52. The highest BCUT2D eigenvalue weighted by atomic mass is 32.2. The molecule has 1 heterocycles. The molecule has 1 saturated carbocycles. The zero-order valence-electron chi connectivity index (χ0n) is 14.5. The molecule has 1 amide bonds. The van der Waals surface area contributed by atoms with E-state index in [1.54, 1.807) is 23.4 Å². The van der Waals surface area contributed by atoms with Crippen molar-refractivity contribution in [2.45, 2.75) is 42.4 Å². The average molecular weight is 395 g/mol. The van der Waals surface area contributed by atoms with Crippen molar-refractivity contribution in [2.75, 3.05) is 11.8 Å². The monoisotopic (exact) mass is 394 g/mol. The Hall–Kier alpha value is -2.06. The van der Waals surface area contributed by atoms with E-state index < -0.39 is 10.0 Å². The van der Waals surface area contributed by atoms with E-state index in [2.05, 4.69) is 4.72 Å². The van der Waals surface area contributed by atoms with Crippen LogP contribution < -0.4 is 4.72 Å². The molecule has 0 saturated heterocycles. The lowest BCUT2D eigenvalue weighted by Crippen LogP contribution is -2.38.